The smallest absolute Gasteiger partial charge is 0.270 e. The van der Waals surface area contributed by atoms with Crippen LogP contribution in [0.4, 0.5) is 0 Å². The molecule has 0 aliphatic carbocycles. The van der Waals surface area contributed by atoms with Gasteiger partial charge in [-0.2, -0.15) is 0 Å². The van der Waals surface area contributed by atoms with Crippen LogP contribution < -0.4 is 9.47 Å². The lowest BCUT2D eigenvalue weighted by Gasteiger charge is -2.18. The van der Waals surface area contributed by atoms with Crippen molar-refractivity contribution in [1.29, 1.82) is 0 Å². The van der Waals surface area contributed by atoms with Gasteiger partial charge in [0, 0.05) is 6.54 Å². The topological polar surface area (TPSA) is 39.8 Å². The summed E-state index contributed by atoms with van der Waals surface area (Å²) in [4.78, 5) is 2.65. The lowest BCUT2D eigenvalue weighted by molar-refractivity contribution is 0.256. The molecular weight excluding hydrogens is 324 g/mol. The zero-order valence-electron chi connectivity index (χ0n) is 14.0. The highest BCUT2D eigenvalue weighted by molar-refractivity contribution is 7.71. The van der Waals surface area contributed by atoms with Crippen molar-refractivity contribution in [2.45, 2.75) is 13.2 Å². The molecule has 0 N–H and O–H groups in total. The van der Waals surface area contributed by atoms with Gasteiger partial charge in [0.15, 0.2) is 17.1 Å². The monoisotopic (exact) mass is 344 g/mol. The van der Waals surface area contributed by atoms with E-state index in [1.165, 1.54) is 0 Å². The highest BCUT2D eigenvalue weighted by Crippen LogP contribution is 2.28. The molecule has 0 saturated carbocycles. The van der Waals surface area contributed by atoms with Gasteiger partial charge in [-0.3, -0.25) is 9.47 Å². The van der Waals surface area contributed by atoms with Gasteiger partial charge in [-0.25, -0.2) is 0 Å². The second-order valence-corrected chi connectivity index (χ2v) is 5.96. The van der Waals surface area contributed by atoms with E-state index in [9.17, 15) is 0 Å². The van der Waals surface area contributed by atoms with Crippen LogP contribution in [-0.4, -0.2) is 30.7 Å². The van der Waals surface area contributed by atoms with Crippen molar-refractivity contribution in [3.63, 3.8) is 0 Å². The Morgan fingerprint density at radius 3 is 2.58 bits per heavy atom. The first-order valence-corrected chi connectivity index (χ1v) is 8.01. The molecule has 0 aliphatic heterocycles. The molecule has 0 aliphatic rings. The summed E-state index contributed by atoms with van der Waals surface area (Å²) >= 11 is 5.34. The second-order valence-electron chi connectivity index (χ2n) is 5.61. The van der Waals surface area contributed by atoms with Crippen molar-refractivity contribution >= 4 is 23.3 Å². The molecule has 1 aromatic heterocycles. The summed E-state index contributed by atoms with van der Waals surface area (Å²) in [5.74, 6) is 1.46. The van der Waals surface area contributed by atoms with E-state index in [0.717, 1.165) is 34.7 Å². The number of fused-ring (bicyclic) bond motifs is 1. The van der Waals surface area contributed by atoms with Gasteiger partial charge in [-0.05, 0) is 49.1 Å². The molecule has 6 heteroatoms. The van der Waals surface area contributed by atoms with Gasteiger partial charge in [-0.1, -0.05) is 18.2 Å². The first-order chi connectivity index (χ1) is 11.6. The molecule has 0 amide bonds. The molecule has 0 radical (unpaired) electrons. The fraction of sp³-hybridized carbons (Fsp3) is 0.278. The minimum atomic E-state index is 0.482. The molecule has 2 aromatic carbocycles. The maximum absolute atomic E-state index is 5.63. The molecule has 3 rings (SSSR count). The minimum absolute atomic E-state index is 0.482. The number of ether oxygens (including phenoxy) is 2. The van der Waals surface area contributed by atoms with Crippen LogP contribution in [0.2, 0.25) is 0 Å². The van der Waals surface area contributed by atoms with Crippen LogP contribution in [0.3, 0.4) is 0 Å². The Labute approximate surface area is 146 Å². The van der Waals surface area contributed by atoms with E-state index in [1.807, 2.05) is 54.1 Å². The third-order valence-electron chi connectivity index (χ3n) is 3.86. The minimum Gasteiger partial charge on any atom is -0.493 e. The van der Waals surface area contributed by atoms with Crippen LogP contribution >= 0.6 is 12.2 Å². The molecular formula is C18H20N2O3S. The SMILES string of the molecule is COc1ccc(CN(C)Cn2c(=S)oc3ccccc32)cc1OC. The van der Waals surface area contributed by atoms with Crippen molar-refractivity contribution in [3.05, 3.63) is 52.9 Å². The van der Waals surface area contributed by atoms with Crippen molar-refractivity contribution < 1.29 is 13.9 Å². The van der Waals surface area contributed by atoms with Gasteiger partial charge in [0.05, 0.1) is 26.4 Å². The second kappa shape index (κ2) is 7.07. The van der Waals surface area contributed by atoms with Crippen molar-refractivity contribution in [2.75, 3.05) is 21.3 Å². The number of para-hydroxylation sites is 2. The Bertz CT molecular complexity index is 901. The van der Waals surface area contributed by atoms with Crippen molar-refractivity contribution in [3.8, 4) is 11.5 Å². The van der Waals surface area contributed by atoms with Gasteiger partial charge >= 0.3 is 0 Å². The molecule has 5 nitrogen and oxygen atoms in total. The van der Waals surface area contributed by atoms with E-state index in [2.05, 4.69) is 4.90 Å². The van der Waals surface area contributed by atoms with Crippen LogP contribution in [0.25, 0.3) is 11.1 Å². The molecule has 0 saturated heterocycles. The molecule has 3 aromatic rings. The van der Waals surface area contributed by atoms with Crippen LogP contribution in [0, 0.1) is 4.84 Å². The number of oxazole rings is 1. The molecule has 1 heterocycles. The van der Waals surface area contributed by atoms with Gasteiger partial charge in [0.25, 0.3) is 4.84 Å². The van der Waals surface area contributed by atoms with E-state index in [0.29, 0.717) is 11.5 Å². The van der Waals surface area contributed by atoms with E-state index in [-0.39, 0.29) is 0 Å². The van der Waals surface area contributed by atoms with E-state index in [4.69, 9.17) is 26.1 Å². The first-order valence-electron chi connectivity index (χ1n) is 7.60. The highest BCUT2D eigenvalue weighted by atomic mass is 32.1. The fourth-order valence-electron chi connectivity index (χ4n) is 2.73. The molecule has 0 bridgehead atoms. The average molecular weight is 344 g/mol. The number of aromatic nitrogens is 1. The predicted molar refractivity (Wildman–Crippen MR) is 96.1 cm³/mol. The van der Waals surface area contributed by atoms with Gasteiger partial charge < -0.3 is 13.9 Å². The lowest BCUT2D eigenvalue weighted by Crippen LogP contribution is -2.21. The Balaban J connectivity index is 1.79. The maximum Gasteiger partial charge on any atom is 0.270 e. The average Bonchev–Trinajstić information content (AvgIpc) is 2.90. The molecule has 0 unspecified atom stereocenters. The van der Waals surface area contributed by atoms with E-state index >= 15 is 0 Å². The zero-order chi connectivity index (χ0) is 17.1. The molecule has 24 heavy (non-hydrogen) atoms. The van der Waals surface area contributed by atoms with Gasteiger partial charge in [0.2, 0.25) is 0 Å². The Morgan fingerprint density at radius 2 is 1.83 bits per heavy atom. The standard InChI is InChI=1S/C18H20N2O3S/c1-19(11-13-8-9-16(21-2)17(10-13)22-3)12-20-14-6-4-5-7-15(14)23-18(20)24/h4-10H,11-12H2,1-3H3. The van der Waals surface area contributed by atoms with Crippen LogP contribution in [0.5, 0.6) is 11.5 Å². The van der Waals surface area contributed by atoms with Crippen LogP contribution in [0.15, 0.2) is 46.9 Å². The Kier molecular flexibility index (Phi) is 4.87. The summed E-state index contributed by atoms with van der Waals surface area (Å²) in [6, 6.07) is 13.8. The number of hydrogen-bond donors (Lipinski definition) is 0. The van der Waals surface area contributed by atoms with Crippen molar-refractivity contribution in [1.82, 2.24) is 9.47 Å². The molecule has 0 fully saturated rings. The third kappa shape index (κ3) is 3.29. The number of rotatable bonds is 6. The summed E-state index contributed by atoms with van der Waals surface area (Å²) in [6.45, 7) is 1.39. The zero-order valence-corrected chi connectivity index (χ0v) is 14.8. The summed E-state index contributed by atoms with van der Waals surface area (Å²) in [6.07, 6.45) is 0. The normalized spacial score (nSPS) is 11.2. The first kappa shape index (κ1) is 16.5. The van der Waals surface area contributed by atoms with E-state index in [1.54, 1.807) is 14.2 Å². The Hall–Kier alpha value is -2.31. The van der Waals surface area contributed by atoms with Crippen LogP contribution in [-0.2, 0) is 13.2 Å². The maximum atomic E-state index is 5.63. The number of nitrogens with zero attached hydrogens (tertiary/aromatic N) is 2. The lowest BCUT2D eigenvalue weighted by atomic mass is 10.2. The van der Waals surface area contributed by atoms with Crippen LogP contribution in [0.1, 0.15) is 5.56 Å². The number of benzene rings is 2. The Morgan fingerprint density at radius 1 is 1.08 bits per heavy atom. The predicted octanol–water partition coefficient (Wildman–Crippen LogP) is 4.07. The third-order valence-corrected chi connectivity index (χ3v) is 4.16. The van der Waals surface area contributed by atoms with Gasteiger partial charge in [0.1, 0.15) is 0 Å². The van der Waals surface area contributed by atoms with Gasteiger partial charge in [-0.15, -0.1) is 0 Å². The number of methoxy groups -OCH3 is 2. The summed E-state index contributed by atoms with van der Waals surface area (Å²) < 4.78 is 18.3. The molecule has 126 valence electrons. The summed E-state index contributed by atoms with van der Waals surface area (Å²) in [5.41, 5.74) is 2.94. The molecule has 0 spiro atoms. The highest BCUT2D eigenvalue weighted by Gasteiger charge is 2.10. The van der Waals surface area contributed by atoms with Crippen molar-refractivity contribution in [2.24, 2.45) is 0 Å². The van der Waals surface area contributed by atoms with E-state index < -0.39 is 0 Å². The summed E-state index contributed by atoms with van der Waals surface area (Å²) in [5, 5.41) is 0. The summed E-state index contributed by atoms with van der Waals surface area (Å²) in [7, 11) is 5.32. The fourth-order valence-corrected chi connectivity index (χ4v) is 2.98. The number of hydrogen-bond acceptors (Lipinski definition) is 5. The largest absolute Gasteiger partial charge is 0.493 e. The molecule has 0 atom stereocenters. The quantitative estimate of drug-likeness (QED) is 0.630.